The summed E-state index contributed by atoms with van der Waals surface area (Å²) in [6.45, 7) is 7.33. The van der Waals surface area contributed by atoms with Gasteiger partial charge in [0.05, 0.1) is 0 Å². The summed E-state index contributed by atoms with van der Waals surface area (Å²) in [5.41, 5.74) is 0.477. The average molecular weight is 234 g/mol. The molecule has 0 aliphatic heterocycles. The van der Waals surface area contributed by atoms with Gasteiger partial charge in [0.25, 0.3) is 0 Å². The lowest BCUT2D eigenvalue weighted by Gasteiger charge is -2.44. The van der Waals surface area contributed by atoms with E-state index in [0.717, 1.165) is 36.5 Å². The lowest BCUT2D eigenvalue weighted by Crippen LogP contribution is -2.40. The van der Waals surface area contributed by atoms with E-state index in [1.165, 1.54) is 25.7 Å². The van der Waals surface area contributed by atoms with Crippen molar-refractivity contribution in [2.45, 2.75) is 59.3 Å². The van der Waals surface area contributed by atoms with E-state index in [2.05, 4.69) is 20.8 Å². The third-order valence-corrected chi connectivity index (χ3v) is 6.60. The third kappa shape index (κ3) is 1.61. The normalized spacial score (nSPS) is 48.6. The zero-order valence-electron chi connectivity index (χ0n) is 11.5. The third-order valence-electron chi connectivity index (χ3n) is 6.60. The molecular weight excluding hydrogens is 208 g/mol. The maximum Gasteiger partial charge on any atom is 0.136 e. The predicted octanol–water partition coefficient (Wildman–Crippen LogP) is 4.06. The molecule has 5 unspecified atom stereocenters. The number of hydrogen-bond acceptors (Lipinski definition) is 1. The van der Waals surface area contributed by atoms with Crippen LogP contribution in [0.15, 0.2) is 0 Å². The molecule has 0 aromatic heterocycles. The fourth-order valence-electron chi connectivity index (χ4n) is 5.23. The van der Waals surface area contributed by atoms with Gasteiger partial charge in [-0.15, -0.1) is 0 Å². The van der Waals surface area contributed by atoms with E-state index in [1.54, 1.807) is 0 Å². The molecule has 5 atom stereocenters. The Balaban J connectivity index is 1.81. The number of carbonyl (C=O) groups excluding carboxylic acids is 1. The highest BCUT2D eigenvalue weighted by Crippen LogP contribution is 2.63. The van der Waals surface area contributed by atoms with Crippen molar-refractivity contribution >= 4 is 5.78 Å². The van der Waals surface area contributed by atoms with Gasteiger partial charge >= 0.3 is 0 Å². The fraction of sp³-hybridized carbons (Fsp3) is 0.938. The Morgan fingerprint density at radius 1 is 1.18 bits per heavy atom. The van der Waals surface area contributed by atoms with Gasteiger partial charge < -0.3 is 0 Å². The Hall–Kier alpha value is -0.330. The highest BCUT2D eigenvalue weighted by Gasteiger charge is 2.57. The minimum atomic E-state index is 0.436. The van der Waals surface area contributed by atoms with Crippen LogP contribution in [0.3, 0.4) is 0 Å². The lowest BCUT2D eigenvalue weighted by atomic mass is 9.60. The molecular formula is C16H26O. The molecule has 3 fully saturated rings. The zero-order valence-corrected chi connectivity index (χ0v) is 11.5. The summed E-state index contributed by atoms with van der Waals surface area (Å²) in [4.78, 5) is 12.2. The minimum Gasteiger partial charge on any atom is -0.299 e. The van der Waals surface area contributed by atoms with E-state index in [0.29, 0.717) is 17.1 Å². The summed E-state index contributed by atoms with van der Waals surface area (Å²) in [5, 5.41) is 0. The summed E-state index contributed by atoms with van der Waals surface area (Å²) in [5.74, 6) is 4.37. The number of carbonyl (C=O) groups is 1. The van der Waals surface area contributed by atoms with Gasteiger partial charge in [-0.05, 0) is 54.8 Å². The molecule has 0 aromatic rings. The summed E-state index contributed by atoms with van der Waals surface area (Å²) < 4.78 is 0. The molecule has 0 amide bonds. The first kappa shape index (κ1) is 11.7. The van der Waals surface area contributed by atoms with Crippen LogP contribution in [0.5, 0.6) is 0 Å². The van der Waals surface area contributed by atoms with E-state index in [9.17, 15) is 4.79 Å². The molecule has 0 saturated heterocycles. The molecule has 2 bridgehead atoms. The van der Waals surface area contributed by atoms with Crippen LogP contribution in [-0.2, 0) is 4.79 Å². The summed E-state index contributed by atoms with van der Waals surface area (Å²) in [6.07, 6.45) is 7.26. The Labute approximate surface area is 105 Å². The smallest absolute Gasteiger partial charge is 0.136 e. The molecule has 3 aliphatic carbocycles. The minimum absolute atomic E-state index is 0.436. The maximum atomic E-state index is 12.2. The zero-order chi connectivity index (χ0) is 12.2. The van der Waals surface area contributed by atoms with Crippen molar-refractivity contribution in [2.75, 3.05) is 0 Å². The van der Waals surface area contributed by atoms with Crippen molar-refractivity contribution in [3.05, 3.63) is 0 Å². The highest BCUT2D eigenvalue weighted by molar-refractivity contribution is 5.82. The van der Waals surface area contributed by atoms with Crippen molar-refractivity contribution in [1.29, 1.82) is 0 Å². The monoisotopic (exact) mass is 234 g/mol. The molecule has 3 aliphatic rings. The maximum absolute atomic E-state index is 12.2. The first-order valence-electron chi connectivity index (χ1n) is 7.54. The number of fused-ring (bicyclic) bond motifs is 2. The Morgan fingerprint density at radius 3 is 2.53 bits per heavy atom. The Morgan fingerprint density at radius 2 is 1.94 bits per heavy atom. The van der Waals surface area contributed by atoms with Crippen LogP contribution < -0.4 is 0 Å². The van der Waals surface area contributed by atoms with Gasteiger partial charge in [-0.3, -0.25) is 4.79 Å². The highest BCUT2D eigenvalue weighted by atomic mass is 16.1. The Kier molecular flexibility index (Phi) is 2.65. The lowest BCUT2D eigenvalue weighted by molar-refractivity contribution is -0.128. The van der Waals surface area contributed by atoms with Gasteiger partial charge in [-0.2, -0.15) is 0 Å². The van der Waals surface area contributed by atoms with Crippen molar-refractivity contribution in [3.8, 4) is 0 Å². The second-order valence-electron chi connectivity index (χ2n) is 7.43. The number of hydrogen-bond donors (Lipinski definition) is 0. The number of Topliss-reactive ketones (excluding diaryl/α,β-unsaturated/α-hetero) is 1. The molecule has 0 N–H and O–H groups in total. The quantitative estimate of drug-likeness (QED) is 0.668. The summed E-state index contributed by atoms with van der Waals surface area (Å²) in [6, 6.07) is 0. The average Bonchev–Trinajstić information content (AvgIpc) is 2.80. The van der Waals surface area contributed by atoms with E-state index < -0.39 is 0 Å². The predicted molar refractivity (Wildman–Crippen MR) is 69.6 cm³/mol. The molecule has 17 heavy (non-hydrogen) atoms. The number of ketones is 1. The van der Waals surface area contributed by atoms with Gasteiger partial charge in [-0.1, -0.05) is 27.2 Å². The molecule has 3 saturated carbocycles. The van der Waals surface area contributed by atoms with Crippen molar-refractivity contribution < 1.29 is 4.79 Å². The van der Waals surface area contributed by atoms with Gasteiger partial charge in [0.2, 0.25) is 0 Å². The fourth-order valence-corrected chi connectivity index (χ4v) is 5.23. The molecule has 96 valence electrons. The van der Waals surface area contributed by atoms with Crippen LogP contribution in [0.4, 0.5) is 0 Å². The van der Waals surface area contributed by atoms with Gasteiger partial charge in [-0.25, -0.2) is 0 Å². The molecule has 0 heterocycles. The summed E-state index contributed by atoms with van der Waals surface area (Å²) >= 11 is 0. The van der Waals surface area contributed by atoms with Crippen molar-refractivity contribution in [1.82, 2.24) is 0 Å². The van der Waals surface area contributed by atoms with Gasteiger partial charge in [0.1, 0.15) is 5.78 Å². The second-order valence-corrected chi connectivity index (χ2v) is 7.43. The molecule has 0 radical (unpaired) electrons. The second kappa shape index (κ2) is 3.83. The van der Waals surface area contributed by atoms with Crippen LogP contribution in [0.25, 0.3) is 0 Å². The van der Waals surface area contributed by atoms with Crippen LogP contribution >= 0.6 is 0 Å². The van der Waals surface area contributed by atoms with Crippen LogP contribution in [0.2, 0.25) is 0 Å². The topological polar surface area (TPSA) is 17.1 Å². The first-order chi connectivity index (χ1) is 8.01. The van der Waals surface area contributed by atoms with Gasteiger partial charge in [0, 0.05) is 12.3 Å². The Bertz CT molecular complexity index is 330. The summed E-state index contributed by atoms with van der Waals surface area (Å²) in [7, 11) is 0. The van der Waals surface area contributed by atoms with E-state index in [-0.39, 0.29) is 0 Å². The molecule has 0 aromatic carbocycles. The largest absolute Gasteiger partial charge is 0.299 e. The van der Waals surface area contributed by atoms with Crippen LogP contribution in [0, 0.1) is 35.0 Å². The standard InChI is InChI=1S/C16H26O/c1-10-11-8-13(14(9-11)16(10,2)3)12-6-4-5-7-15(12)17/h10-14H,4-9H2,1-3H3. The molecule has 3 rings (SSSR count). The molecule has 0 spiro atoms. The molecule has 1 nitrogen and oxygen atoms in total. The van der Waals surface area contributed by atoms with Crippen LogP contribution in [0.1, 0.15) is 59.3 Å². The number of rotatable bonds is 1. The van der Waals surface area contributed by atoms with E-state index >= 15 is 0 Å². The molecule has 1 heteroatoms. The van der Waals surface area contributed by atoms with Crippen molar-refractivity contribution in [3.63, 3.8) is 0 Å². The van der Waals surface area contributed by atoms with Gasteiger partial charge in [0.15, 0.2) is 0 Å². The van der Waals surface area contributed by atoms with E-state index in [4.69, 9.17) is 0 Å². The SMILES string of the molecule is CC1C2CC(C3CCCCC3=O)C(C2)C1(C)C. The first-order valence-corrected chi connectivity index (χ1v) is 7.54. The van der Waals surface area contributed by atoms with E-state index in [1.807, 2.05) is 0 Å². The van der Waals surface area contributed by atoms with Crippen molar-refractivity contribution in [2.24, 2.45) is 35.0 Å². The van der Waals surface area contributed by atoms with Crippen LogP contribution in [-0.4, -0.2) is 5.78 Å².